The van der Waals surface area contributed by atoms with Crippen molar-refractivity contribution >= 4 is 54.6 Å². The van der Waals surface area contributed by atoms with Crippen molar-refractivity contribution in [2.45, 2.75) is 18.1 Å². The summed E-state index contributed by atoms with van der Waals surface area (Å²) in [4.78, 5) is 40.1. The quantitative estimate of drug-likeness (QED) is 0.184. The van der Waals surface area contributed by atoms with Crippen molar-refractivity contribution in [3.63, 3.8) is 0 Å². The summed E-state index contributed by atoms with van der Waals surface area (Å²) in [5.41, 5.74) is 5.38. The third kappa shape index (κ3) is 4.55. The number of rotatable bonds is 7. The van der Waals surface area contributed by atoms with Gasteiger partial charge < -0.3 is 15.8 Å². The number of hydrogen-bond acceptors (Lipinski definition) is 11. The highest BCUT2D eigenvalue weighted by Gasteiger charge is 2.58. The van der Waals surface area contributed by atoms with Crippen LogP contribution in [-0.2, 0) is 39.4 Å². The van der Waals surface area contributed by atoms with Gasteiger partial charge in [-0.25, -0.2) is 18.2 Å². The van der Waals surface area contributed by atoms with Gasteiger partial charge in [0.15, 0.2) is 11.2 Å². The number of aromatic nitrogens is 1. The normalized spacial score (nSPS) is 21.0. The van der Waals surface area contributed by atoms with Crippen LogP contribution in [-0.4, -0.2) is 73.9 Å². The number of anilines is 1. The number of ether oxygens (including phenoxy) is 1. The number of nitrogens with zero attached hydrogens (tertiary/aromatic N) is 2. The lowest BCUT2D eigenvalue weighted by molar-refractivity contribution is -0.162. The number of nitrogens with one attached hydrogen (secondary N) is 2. The smallest absolute Gasteiger partial charge is 0.363 e. The van der Waals surface area contributed by atoms with E-state index in [1.165, 1.54) is 5.38 Å². The van der Waals surface area contributed by atoms with Gasteiger partial charge in [0.1, 0.15) is 12.1 Å². The molecule has 0 radical (unpaired) electrons. The van der Waals surface area contributed by atoms with Gasteiger partial charge in [0.2, 0.25) is 15.9 Å². The highest BCUT2D eigenvalue weighted by Crippen LogP contribution is 2.26. The van der Waals surface area contributed by atoms with Gasteiger partial charge in [-0.3, -0.25) is 14.1 Å². The molecule has 5 N–H and O–H groups in total. The predicted octanol–water partition coefficient (Wildman–Crippen LogP) is -3.01. The third-order valence-electron chi connectivity index (χ3n) is 3.47. The molecular weight excluding hydrogens is 442 g/mol. The lowest BCUT2D eigenvalue weighted by Gasteiger charge is -2.42. The van der Waals surface area contributed by atoms with Crippen LogP contribution in [0.5, 0.6) is 0 Å². The molecule has 1 aliphatic heterocycles. The number of hydrogen-bond donors (Lipinski definition) is 4. The summed E-state index contributed by atoms with van der Waals surface area (Å²) in [6.45, 7) is 0. The van der Waals surface area contributed by atoms with E-state index >= 15 is 0 Å². The van der Waals surface area contributed by atoms with Crippen LogP contribution in [0.3, 0.4) is 0 Å². The number of sulfonamides is 1. The Labute approximate surface area is 163 Å². The van der Waals surface area contributed by atoms with Crippen LogP contribution in [0.1, 0.15) is 11.7 Å². The molecule has 2 amide bonds. The van der Waals surface area contributed by atoms with E-state index in [-0.39, 0.29) is 15.1 Å². The van der Waals surface area contributed by atoms with Crippen molar-refractivity contribution in [3.05, 3.63) is 11.1 Å². The minimum Gasteiger partial charge on any atom is -0.467 e. The molecule has 2 heterocycles. The van der Waals surface area contributed by atoms with Crippen LogP contribution in [0, 0.1) is 0 Å². The largest absolute Gasteiger partial charge is 0.467 e. The molecule has 0 aliphatic carbocycles. The van der Waals surface area contributed by atoms with Gasteiger partial charge in [0, 0.05) is 5.38 Å². The summed E-state index contributed by atoms with van der Waals surface area (Å²) >= 11 is 0.918. The number of β-lactam (4-membered cyclic amide) rings is 1. The number of carbonyl (C=O) groups is 3. The van der Waals surface area contributed by atoms with E-state index in [1.54, 1.807) is 0 Å². The summed E-state index contributed by atoms with van der Waals surface area (Å²) in [6, 6.07) is -5.20. The molecule has 1 saturated heterocycles. The number of thiazole rings is 1. The maximum Gasteiger partial charge on any atom is 0.363 e. The van der Waals surface area contributed by atoms with Crippen molar-refractivity contribution in [2.75, 3.05) is 19.1 Å². The van der Waals surface area contributed by atoms with E-state index in [0.717, 1.165) is 24.7 Å². The first-order valence-electron chi connectivity index (χ1n) is 7.13. The fraction of sp³-hybridized carbons (Fsp3) is 0.455. The van der Waals surface area contributed by atoms with Crippen LogP contribution in [0.15, 0.2) is 5.38 Å². The Balaban J connectivity index is 2.31. The molecule has 1 aliphatic rings. The Morgan fingerprint density at radius 3 is 2.43 bits per heavy atom. The van der Waals surface area contributed by atoms with Crippen LogP contribution < -0.4 is 15.8 Å². The number of carbonyl (C=O) groups excluding carboxylic acids is 3. The van der Waals surface area contributed by atoms with E-state index in [1.807, 2.05) is 4.72 Å². The Morgan fingerprint density at radius 1 is 1.39 bits per heavy atom. The average molecular weight is 457 g/mol. The van der Waals surface area contributed by atoms with Gasteiger partial charge >= 0.3 is 16.3 Å². The van der Waals surface area contributed by atoms with Gasteiger partial charge in [0.25, 0.3) is 5.91 Å². The van der Waals surface area contributed by atoms with Crippen molar-refractivity contribution in [2.24, 2.45) is 0 Å². The predicted molar refractivity (Wildman–Crippen MR) is 93.4 cm³/mol. The number of methoxy groups -OCH3 is 1. The molecule has 1 unspecified atom stereocenters. The summed E-state index contributed by atoms with van der Waals surface area (Å²) in [6.07, 6.45) is 0.773. The second-order valence-electron chi connectivity index (χ2n) is 5.50. The van der Waals surface area contributed by atoms with Crippen LogP contribution in [0.4, 0.5) is 5.13 Å². The Kier molecular flexibility index (Phi) is 5.95. The summed E-state index contributed by atoms with van der Waals surface area (Å²) in [7, 11) is -8.12. The maximum atomic E-state index is 12.5. The van der Waals surface area contributed by atoms with Crippen molar-refractivity contribution in [3.8, 4) is 0 Å². The van der Waals surface area contributed by atoms with Gasteiger partial charge in [-0.1, -0.05) is 0 Å². The summed E-state index contributed by atoms with van der Waals surface area (Å²) in [5, 5.41) is 3.38. The minimum absolute atomic E-state index is 0.0350. The van der Waals surface area contributed by atoms with Crippen LogP contribution in [0.25, 0.3) is 0 Å². The van der Waals surface area contributed by atoms with E-state index in [0.29, 0.717) is 0 Å². The molecule has 1 fully saturated rings. The lowest BCUT2D eigenvalue weighted by atomic mass is 9.98. The number of nitrogen functional groups attached to an aromatic ring is 1. The lowest BCUT2D eigenvalue weighted by Crippen LogP contribution is -2.75. The molecule has 0 aromatic carbocycles. The molecule has 1 aromatic rings. The fourth-order valence-corrected chi connectivity index (χ4v) is 4.43. The molecule has 3 atom stereocenters. The second-order valence-corrected chi connectivity index (χ2v) is 9.46. The molecular formula is C11H15N5O9S3. The summed E-state index contributed by atoms with van der Waals surface area (Å²) < 4.78 is 60.9. The topological polar surface area (TPSA) is 215 Å². The van der Waals surface area contributed by atoms with Crippen molar-refractivity contribution in [1.82, 2.24) is 19.3 Å². The van der Waals surface area contributed by atoms with Gasteiger partial charge in [0.05, 0.1) is 19.1 Å². The Morgan fingerprint density at radius 2 is 2.00 bits per heavy atom. The zero-order chi connectivity index (χ0) is 21.4. The first kappa shape index (κ1) is 22.0. The van der Waals surface area contributed by atoms with Crippen LogP contribution >= 0.6 is 11.3 Å². The molecule has 28 heavy (non-hydrogen) atoms. The van der Waals surface area contributed by atoms with E-state index in [4.69, 9.17) is 10.3 Å². The molecule has 0 bridgehead atoms. The molecule has 1 aromatic heterocycles. The first-order chi connectivity index (χ1) is 12.8. The zero-order valence-electron chi connectivity index (χ0n) is 14.2. The molecule has 0 saturated carbocycles. The second kappa shape index (κ2) is 7.59. The Hall–Kier alpha value is -2.34. The monoisotopic (exact) mass is 457 g/mol. The Bertz CT molecular complexity index is 1020. The van der Waals surface area contributed by atoms with Gasteiger partial charge in [-0.05, 0) is 0 Å². The van der Waals surface area contributed by atoms with Crippen molar-refractivity contribution < 1.29 is 40.5 Å². The fourth-order valence-electron chi connectivity index (χ4n) is 2.35. The summed E-state index contributed by atoms with van der Waals surface area (Å²) in [5.74, 6) is -3.66. The van der Waals surface area contributed by atoms with E-state index in [9.17, 15) is 31.2 Å². The third-order valence-corrected chi connectivity index (χ3v) is 5.73. The average Bonchev–Trinajstić information content (AvgIpc) is 2.98. The van der Waals surface area contributed by atoms with Crippen molar-refractivity contribution in [1.29, 1.82) is 0 Å². The molecule has 156 valence electrons. The van der Waals surface area contributed by atoms with Crippen LogP contribution in [0.2, 0.25) is 0 Å². The standard InChI is InChI=1S/C11H15N5O9S3/c1-25-10(19)7-6(9(18)16(7)28(22,23)24)14-8(17)5(15-27(2,20)21)4-3-26-11(12)13-4/h3,5-7,15H,1-2H3,(H2,12,13)(H,14,17)(H,22,23,24)/t5?,6-,7-/m1/s1. The highest BCUT2D eigenvalue weighted by molar-refractivity contribution is 7.88. The highest BCUT2D eigenvalue weighted by atomic mass is 32.2. The maximum absolute atomic E-state index is 12.5. The van der Waals surface area contributed by atoms with Gasteiger partial charge in [-0.2, -0.15) is 17.4 Å². The number of esters is 1. The zero-order valence-corrected chi connectivity index (χ0v) is 16.7. The SMILES string of the molecule is COC(=O)[C@H]1[C@@H](NC(=O)C(NS(C)(=O)=O)c2csc(N)n2)C(=O)N1S(=O)(=O)O. The van der Waals surface area contributed by atoms with E-state index < -0.39 is 56.2 Å². The number of nitrogens with two attached hydrogens (primary N) is 1. The molecule has 14 nitrogen and oxygen atoms in total. The van der Waals surface area contributed by atoms with E-state index in [2.05, 4.69) is 15.0 Å². The minimum atomic E-state index is -5.09. The molecule has 17 heteroatoms. The molecule has 0 spiro atoms. The van der Waals surface area contributed by atoms with Gasteiger partial charge in [-0.15, -0.1) is 11.3 Å². The molecule has 2 rings (SSSR count). The number of amides is 2. The first-order valence-corrected chi connectivity index (χ1v) is 11.3.